The van der Waals surface area contributed by atoms with Crippen molar-refractivity contribution in [3.8, 4) is 11.5 Å². The number of ether oxygens (including phenoxy) is 2. The lowest BCUT2D eigenvalue weighted by atomic mass is 10.2. The molecule has 2 aromatic rings. The molecule has 0 spiro atoms. The molecule has 0 bridgehead atoms. The van der Waals surface area contributed by atoms with Crippen LogP contribution in [0, 0.1) is 0 Å². The Morgan fingerprint density at radius 2 is 1.92 bits per heavy atom. The Kier molecular flexibility index (Phi) is 5.94. The van der Waals surface area contributed by atoms with Crippen LogP contribution in [-0.2, 0) is 0 Å². The molecule has 0 saturated heterocycles. The molecular formula is C18H21N3O4. The molecule has 132 valence electrons. The predicted molar refractivity (Wildman–Crippen MR) is 95.7 cm³/mol. The molecule has 1 aromatic carbocycles. The minimum Gasteiger partial charge on any atom is -0.493 e. The quantitative estimate of drug-likeness (QED) is 0.644. The van der Waals surface area contributed by atoms with Crippen LogP contribution in [0.4, 0.5) is 0 Å². The van der Waals surface area contributed by atoms with E-state index in [0.29, 0.717) is 17.1 Å². The van der Waals surface area contributed by atoms with E-state index in [1.165, 1.54) is 24.0 Å². The molecule has 0 fully saturated rings. The first-order valence-electron chi connectivity index (χ1n) is 7.74. The van der Waals surface area contributed by atoms with Gasteiger partial charge >= 0.3 is 0 Å². The summed E-state index contributed by atoms with van der Waals surface area (Å²) in [6.45, 7) is 3.75. The highest BCUT2D eigenvalue weighted by Gasteiger charge is 2.12. The monoisotopic (exact) mass is 343 g/mol. The predicted octanol–water partition coefficient (Wildman–Crippen LogP) is 2.21. The number of nitrogens with zero attached hydrogens (tertiary/aromatic N) is 2. The molecule has 25 heavy (non-hydrogen) atoms. The third-order valence-corrected chi connectivity index (χ3v) is 3.56. The van der Waals surface area contributed by atoms with Crippen molar-refractivity contribution in [3.05, 3.63) is 58.0 Å². The van der Waals surface area contributed by atoms with Crippen LogP contribution in [0.25, 0.3) is 0 Å². The first-order chi connectivity index (χ1) is 12.0. The highest BCUT2D eigenvalue weighted by Crippen LogP contribution is 2.26. The fourth-order valence-corrected chi connectivity index (χ4v) is 2.25. The Labute approximate surface area is 145 Å². The highest BCUT2D eigenvalue weighted by atomic mass is 16.5. The second-order valence-corrected chi connectivity index (χ2v) is 5.54. The van der Waals surface area contributed by atoms with Crippen molar-refractivity contribution < 1.29 is 14.3 Å². The molecule has 0 aliphatic carbocycles. The maximum Gasteiger partial charge on any atom is 0.276 e. The summed E-state index contributed by atoms with van der Waals surface area (Å²) < 4.78 is 11.9. The lowest BCUT2D eigenvalue weighted by Gasteiger charge is -2.10. The minimum atomic E-state index is -0.559. The van der Waals surface area contributed by atoms with Gasteiger partial charge in [-0.1, -0.05) is 0 Å². The van der Waals surface area contributed by atoms with E-state index in [4.69, 9.17) is 9.47 Å². The number of carbonyl (C=O) groups is 1. The summed E-state index contributed by atoms with van der Waals surface area (Å²) >= 11 is 0. The highest BCUT2D eigenvalue weighted by molar-refractivity contribution is 5.94. The Bertz CT molecular complexity index is 840. The number of aromatic nitrogens is 1. The first-order valence-corrected chi connectivity index (χ1v) is 7.74. The molecule has 0 saturated carbocycles. The van der Waals surface area contributed by atoms with Gasteiger partial charge in [0.25, 0.3) is 11.5 Å². The lowest BCUT2D eigenvalue weighted by Crippen LogP contribution is -2.31. The molecule has 1 aromatic heterocycles. The zero-order valence-corrected chi connectivity index (χ0v) is 14.6. The van der Waals surface area contributed by atoms with Crippen molar-refractivity contribution in [2.24, 2.45) is 5.10 Å². The van der Waals surface area contributed by atoms with Crippen molar-refractivity contribution in [2.75, 3.05) is 14.2 Å². The Hall–Kier alpha value is -3.09. The van der Waals surface area contributed by atoms with Gasteiger partial charge in [0.05, 0.1) is 20.4 Å². The number of carbonyl (C=O) groups excluding carboxylic acids is 1. The van der Waals surface area contributed by atoms with Gasteiger partial charge in [0, 0.05) is 12.2 Å². The van der Waals surface area contributed by atoms with Crippen LogP contribution >= 0.6 is 0 Å². The number of methoxy groups -OCH3 is 2. The minimum absolute atomic E-state index is 0.0319. The zero-order chi connectivity index (χ0) is 18.4. The van der Waals surface area contributed by atoms with Crippen molar-refractivity contribution in [2.45, 2.75) is 19.9 Å². The van der Waals surface area contributed by atoms with E-state index in [-0.39, 0.29) is 17.2 Å². The Morgan fingerprint density at radius 3 is 2.56 bits per heavy atom. The largest absolute Gasteiger partial charge is 0.493 e. The number of benzene rings is 1. The smallest absolute Gasteiger partial charge is 0.276 e. The van der Waals surface area contributed by atoms with E-state index in [1.807, 2.05) is 13.8 Å². The molecule has 1 N–H and O–H groups in total. The molecule has 0 atom stereocenters. The van der Waals surface area contributed by atoms with Crippen LogP contribution in [0.3, 0.4) is 0 Å². The average Bonchev–Trinajstić information content (AvgIpc) is 2.61. The van der Waals surface area contributed by atoms with Gasteiger partial charge in [-0.15, -0.1) is 0 Å². The fourth-order valence-electron chi connectivity index (χ4n) is 2.25. The van der Waals surface area contributed by atoms with Gasteiger partial charge in [0.1, 0.15) is 5.56 Å². The number of rotatable bonds is 6. The number of pyridine rings is 1. The average molecular weight is 343 g/mol. The maximum atomic E-state index is 12.3. The first kappa shape index (κ1) is 18.3. The molecule has 0 aliphatic rings. The van der Waals surface area contributed by atoms with Gasteiger partial charge in [0.15, 0.2) is 11.5 Å². The summed E-state index contributed by atoms with van der Waals surface area (Å²) in [6.07, 6.45) is 3.11. The van der Waals surface area contributed by atoms with E-state index in [2.05, 4.69) is 10.5 Å². The Morgan fingerprint density at radius 1 is 1.20 bits per heavy atom. The van der Waals surface area contributed by atoms with Crippen LogP contribution in [0.1, 0.15) is 35.8 Å². The molecule has 2 rings (SSSR count). The summed E-state index contributed by atoms with van der Waals surface area (Å²) in [6, 6.07) is 8.33. The van der Waals surface area contributed by atoms with Gasteiger partial charge in [0.2, 0.25) is 0 Å². The Balaban J connectivity index is 2.14. The van der Waals surface area contributed by atoms with Crippen LogP contribution in [-0.4, -0.2) is 30.9 Å². The second-order valence-electron chi connectivity index (χ2n) is 5.54. The van der Waals surface area contributed by atoms with Gasteiger partial charge in [-0.2, -0.15) is 5.10 Å². The summed E-state index contributed by atoms with van der Waals surface area (Å²) in [4.78, 5) is 24.4. The fraction of sp³-hybridized carbons (Fsp3) is 0.278. The number of amides is 1. The molecule has 1 heterocycles. The van der Waals surface area contributed by atoms with Gasteiger partial charge in [-0.05, 0) is 49.7 Å². The van der Waals surface area contributed by atoms with Gasteiger partial charge in [-0.25, -0.2) is 5.43 Å². The third-order valence-electron chi connectivity index (χ3n) is 3.56. The van der Waals surface area contributed by atoms with Crippen LogP contribution < -0.4 is 20.5 Å². The van der Waals surface area contributed by atoms with Gasteiger partial charge < -0.3 is 14.0 Å². The van der Waals surface area contributed by atoms with E-state index in [9.17, 15) is 9.59 Å². The summed E-state index contributed by atoms with van der Waals surface area (Å²) in [5, 5.41) is 3.90. The van der Waals surface area contributed by atoms with Crippen molar-refractivity contribution >= 4 is 12.1 Å². The van der Waals surface area contributed by atoms with Crippen LogP contribution in [0.5, 0.6) is 11.5 Å². The molecule has 0 radical (unpaired) electrons. The number of hydrogen-bond donors (Lipinski definition) is 1. The topological polar surface area (TPSA) is 81.9 Å². The van der Waals surface area contributed by atoms with Crippen molar-refractivity contribution in [1.82, 2.24) is 9.99 Å². The van der Waals surface area contributed by atoms with Crippen LogP contribution in [0.2, 0.25) is 0 Å². The normalized spacial score (nSPS) is 10.9. The van der Waals surface area contributed by atoms with Crippen LogP contribution in [0.15, 0.2) is 46.4 Å². The number of nitrogens with one attached hydrogen (secondary N) is 1. The van der Waals surface area contributed by atoms with Crippen molar-refractivity contribution in [1.29, 1.82) is 0 Å². The second kappa shape index (κ2) is 8.14. The van der Waals surface area contributed by atoms with E-state index in [1.54, 1.807) is 37.6 Å². The van der Waals surface area contributed by atoms with Crippen molar-refractivity contribution in [3.63, 3.8) is 0 Å². The summed E-state index contributed by atoms with van der Waals surface area (Å²) in [7, 11) is 3.09. The maximum absolute atomic E-state index is 12.3. The molecule has 0 unspecified atom stereocenters. The molecule has 0 aliphatic heterocycles. The summed E-state index contributed by atoms with van der Waals surface area (Å²) in [5.41, 5.74) is 2.77. The van der Waals surface area contributed by atoms with Gasteiger partial charge in [-0.3, -0.25) is 9.59 Å². The zero-order valence-electron chi connectivity index (χ0n) is 14.6. The van der Waals surface area contributed by atoms with E-state index >= 15 is 0 Å². The standard InChI is InChI=1S/C18H21N3O4/c1-12(2)21-9-5-6-14(18(21)23)17(22)20-19-11-13-7-8-15(24-3)16(10-13)25-4/h5-12H,1-4H3,(H,20,22)/b19-11-. The molecular weight excluding hydrogens is 322 g/mol. The lowest BCUT2D eigenvalue weighted by molar-refractivity contribution is 0.0953. The van der Waals surface area contributed by atoms with E-state index < -0.39 is 5.91 Å². The summed E-state index contributed by atoms with van der Waals surface area (Å²) in [5.74, 6) is 0.597. The molecule has 1 amide bonds. The molecule has 7 nitrogen and oxygen atoms in total. The van der Waals surface area contributed by atoms with E-state index in [0.717, 1.165) is 0 Å². The number of hydrazone groups is 1. The third kappa shape index (κ3) is 4.26. The number of hydrogen-bond acceptors (Lipinski definition) is 5. The SMILES string of the molecule is COc1ccc(/C=N\NC(=O)c2cccn(C(C)C)c2=O)cc1OC. The molecule has 7 heteroatoms.